The molecule has 1 N–H and O–H groups in total. The maximum Gasteiger partial charge on any atom is 0.262 e. The molecule has 2 amide bonds. The van der Waals surface area contributed by atoms with E-state index in [4.69, 9.17) is 4.74 Å². The van der Waals surface area contributed by atoms with E-state index in [9.17, 15) is 22.4 Å². The van der Waals surface area contributed by atoms with Crippen LogP contribution >= 0.6 is 0 Å². The fourth-order valence-corrected chi connectivity index (χ4v) is 6.80. The number of para-hydroxylation sites is 1. The Balaban J connectivity index is 1.20. The Morgan fingerprint density at radius 3 is 2.44 bits per heavy atom. The summed E-state index contributed by atoms with van der Waals surface area (Å²) in [6.07, 6.45) is 0.893. The fourth-order valence-electron chi connectivity index (χ4n) is 5.11. The molecule has 0 spiro atoms. The highest BCUT2D eigenvalue weighted by Crippen LogP contribution is 2.35. The fraction of sp³-hybridized carbons (Fsp3) is 0.440. The summed E-state index contributed by atoms with van der Waals surface area (Å²) in [5, 5.41) is 2.69. The van der Waals surface area contributed by atoms with Gasteiger partial charge >= 0.3 is 0 Å². The number of piperidine rings is 1. The first-order valence-electron chi connectivity index (χ1n) is 12.1. The molecule has 0 aromatic heterocycles. The number of sulfonamides is 1. The molecule has 11 heteroatoms. The van der Waals surface area contributed by atoms with Crippen molar-refractivity contribution in [1.29, 1.82) is 0 Å². The van der Waals surface area contributed by atoms with Gasteiger partial charge < -0.3 is 19.9 Å². The zero-order valence-corrected chi connectivity index (χ0v) is 20.9. The van der Waals surface area contributed by atoms with Gasteiger partial charge in [-0.2, -0.15) is 4.31 Å². The number of fused-ring (bicyclic) bond motifs is 1. The van der Waals surface area contributed by atoms with Crippen LogP contribution < -0.4 is 15.0 Å². The maximum atomic E-state index is 14.1. The number of rotatable bonds is 4. The minimum Gasteiger partial charge on any atom is -0.482 e. The number of ether oxygens (including phenoxy) is 1. The highest BCUT2D eigenvalue weighted by Gasteiger charge is 2.36. The Morgan fingerprint density at radius 2 is 1.75 bits per heavy atom. The third-order valence-corrected chi connectivity index (χ3v) is 9.16. The monoisotopic (exact) mass is 516 g/mol. The smallest absolute Gasteiger partial charge is 0.262 e. The van der Waals surface area contributed by atoms with Crippen LogP contribution in [-0.4, -0.2) is 75.3 Å². The molecule has 0 atom stereocenters. The number of nitrogens with zero attached hydrogens (tertiary/aromatic N) is 3. The van der Waals surface area contributed by atoms with Gasteiger partial charge in [0.2, 0.25) is 15.9 Å². The number of nitrogens with one attached hydrogen (secondary N) is 1. The first-order chi connectivity index (χ1) is 17.2. The van der Waals surface area contributed by atoms with E-state index in [0.717, 1.165) is 0 Å². The van der Waals surface area contributed by atoms with Crippen LogP contribution in [0.15, 0.2) is 41.3 Å². The van der Waals surface area contributed by atoms with E-state index in [0.29, 0.717) is 61.7 Å². The number of piperazine rings is 1. The normalized spacial score (nSPS) is 19.4. The van der Waals surface area contributed by atoms with Gasteiger partial charge in [0, 0.05) is 51.3 Å². The van der Waals surface area contributed by atoms with Gasteiger partial charge in [0.15, 0.2) is 6.61 Å². The van der Waals surface area contributed by atoms with Crippen molar-refractivity contribution in [3.63, 3.8) is 0 Å². The molecule has 3 heterocycles. The average Bonchev–Trinajstić information content (AvgIpc) is 2.88. The van der Waals surface area contributed by atoms with E-state index in [2.05, 4.69) is 5.32 Å². The molecule has 192 valence electrons. The summed E-state index contributed by atoms with van der Waals surface area (Å²) in [7, 11) is -3.78. The van der Waals surface area contributed by atoms with Gasteiger partial charge in [-0.3, -0.25) is 9.59 Å². The molecule has 3 aliphatic rings. The first kappa shape index (κ1) is 24.5. The molecule has 2 aromatic carbocycles. The maximum absolute atomic E-state index is 14.1. The SMILES string of the molecule is Cc1cc2c(cc1S(=O)(=O)N1CCC(C(=O)N3CCN(c4ccccc4F)CC3)CC1)OCC(=O)N2. The van der Waals surface area contributed by atoms with Crippen LogP contribution in [0, 0.1) is 18.7 Å². The summed E-state index contributed by atoms with van der Waals surface area (Å²) in [6, 6.07) is 9.71. The van der Waals surface area contributed by atoms with Crippen molar-refractivity contribution >= 4 is 33.2 Å². The summed E-state index contributed by atoms with van der Waals surface area (Å²) in [6.45, 7) is 4.17. The van der Waals surface area contributed by atoms with Crippen molar-refractivity contribution in [2.75, 3.05) is 56.1 Å². The van der Waals surface area contributed by atoms with Crippen LogP contribution in [0.5, 0.6) is 5.75 Å². The molecule has 0 saturated carbocycles. The molecule has 5 rings (SSSR count). The third kappa shape index (κ3) is 4.64. The van der Waals surface area contributed by atoms with Crippen LogP contribution in [0.3, 0.4) is 0 Å². The minimum atomic E-state index is -3.78. The largest absolute Gasteiger partial charge is 0.482 e. The van der Waals surface area contributed by atoms with E-state index in [-0.39, 0.29) is 48.1 Å². The summed E-state index contributed by atoms with van der Waals surface area (Å²) in [5.74, 6) is -0.415. The summed E-state index contributed by atoms with van der Waals surface area (Å²) < 4.78 is 47.7. The minimum absolute atomic E-state index is 0.0364. The zero-order chi connectivity index (χ0) is 25.4. The number of hydrogen-bond donors (Lipinski definition) is 1. The summed E-state index contributed by atoms with van der Waals surface area (Å²) in [4.78, 5) is 28.6. The molecular weight excluding hydrogens is 487 g/mol. The van der Waals surface area contributed by atoms with Crippen LogP contribution in [-0.2, 0) is 19.6 Å². The Bertz CT molecular complexity index is 1290. The number of anilines is 2. The Kier molecular flexibility index (Phi) is 6.60. The highest BCUT2D eigenvalue weighted by atomic mass is 32.2. The molecule has 3 aliphatic heterocycles. The molecule has 2 saturated heterocycles. The van der Waals surface area contributed by atoms with E-state index in [1.807, 2.05) is 9.80 Å². The van der Waals surface area contributed by atoms with Gasteiger partial charge in [-0.25, -0.2) is 12.8 Å². The zero-order valence-electron chi connectivity index (χ0n) is 20.1. The second kappa shape index (κ2) is 9.70. The van der Waals surface area contributed by atoms with Gasteiger partial charge in [0.25, 0.3) is 5.91 Å². The molecule has 0 radical (unpaired) electrons. The van der Waals surface area contributed by atoms with Gasteiger partial charge in [-0.1, -0.05) is 12.1 Å². The van der Waals surface area contributed by atoms with Crippen molar-refractivity contribution < 1.29 is 27.1 Å². The summed E-state index contributed by atoms with van der Waals surface area (Å²) >= 11 is 0. The van der Waals surface area contributed by atoms with Crippen LogP contribution in [0.25, 0.3) is 0 Å². The Labute approximate surface area is 209 Å². The lowest BCUT2D eigenvalue weighted by atomic mass is 9.96. The van der Waals surface area contributed by atoms with Gasteiger partial charge in [0.1, 0.15) is 11.6 Å². The molecule has 0 aliphatic carbocycles. The number of amides is 2. The van der Waals surface area contributed by atoms with Crippen molar-refractivity contribution in [3.8, 4) is 5.75 Å². The number of hydrogen-bond acceptors (Lipinski definition) is 6. The Morgan fingerprint density at radius 1 is 1.06 bits per heavy atom. The molecule has 36 heavy (non-hydrogen) atoms. The number of carbonyl (C=O) groups excluding carboxylic acids is 2. The number of halogens is 1. The van der Waals surface area contributed by atoms with E-state index < -0.39 is 10.0 Å². The molecular formula is C25H29FN4O5S. The lowest BCUT2D eigenvalue weighted by Crippen LogP contribution is -2.52. The van der Waals surface area contributed by atoms with Crippen molar-refractivity contribution in [2.45, 2.75) is 24.7 Å². The predicted molar refractivity (Wildman–Crippen MR) is 132 cm³/mol. The first-order valence-corrected chi connectivity index (χ1v) is 13.5. The van der Waals surface area contributed by atoms with E-state index in [1.165, 1.54) is 16.4 Å². The van der Waals surface area contributed by atoms with Gasteiger partial charge in [0.05, 0.1) is 16.3 Å². The second-order valence-electron chi connectivity index (χ2n) is 9.39. The number of aryl methyl sites for hydroxylation is 1. The lowest BCUT2D eigenvalue weighted by molar-refractivity contribution is -0.137. The van der Waals surface area contributed by atoms with Gasteiger partial charge in [-0.15, -0.1) is 0 Å². The van der Waals surface area contributed by atoms with E-state index in [1.54, 1.807) is 31.2 Å². The second-order valence-corrected chi connectivity index (χ2v) is 11.3. The average molecular weight is 517 g/mol. The van der Waals surface area contributed by atoms with Crippen LogP contribution in [0.1, 0.15) is 18.4 Å². The topological polar surface area (TPSA) is 99.3 Å². The van der Waals surface area contributed by atoms with Gasteiger partial charge in [-0.05, 0) is 43.5 Å². The molecule has 2 aromatic rings. The quantitative estimate of drug-likeness (QED) is 0.669. The number of carbonyl (C=O) groups is 2. The number of benzene rings is 2. The third-order valence-electron chi connectivity index (χ3n) is 7.12. The molecule has 0 bridgehead atoms. The van der Waals surface area contributed by atoms with E-state index >= 15 is 0 Å². The van der Waals surface area contributed by atoms with Crippen molar-refractivity contribution in [1.82, 2.24) is 9.21 Å². The van der Waals surface area contributed by atoms with Crippen molar-refractivity contribution in [2.24, 2.45) is 5.92 Å². The molecule has 2 fully saturated rings. The molecule has 9 nitrogen and oxygen atoms in total. The van der Waals surface area contributed by atoms with Crippen LogP contribution in [0.2, 0.25) is 0 Å². The standard InChI is InChI=1S/C25H29FN4O5S/c1-17-14-20-22(35-16-24(31)27-20)15-23(17)36(33,34)30-8-6-18(7-9-30)25(32)29-12-10-28(11-13-29)21-5-3-2-4-19(21)26/h2-5,14-15,18H,6-13,16H2,1H3,(H,27,31). The molecule has 0 unspecified atom stereocenters. The Hall–Kier alpha value is -3.18. The highest BCUT2D eigenvalue weighted by molar-refractivity contribution is 7.89. The lowest BCUT2D eigenvalue weighted by Gasteiger charge is -2.39. The van der Waals surface area contributed by atoms with Crippen molar-refractivity contribution in [3.05, 3.63) is 47.8 Å². The summed E-state index contributed by atoms with van der Waals surface area (Å²) in [5.41, 5.74) is 1.53. The van der Waals surface area contributed by atoms with Crippen LogP contribution in [0.4, 0.5) is 15.8 Å². The predicted octanol–water partition coefficient (Wildman–Crippen LogP) is 2.21.